The van der Waals surface area contributed by atoms with E-state index < -0.39 is 0 Å². The molecule has 0 aliphatic rings. The van der Waals surface area contributed by atoms with Crippen molar-refractivity contribution in [3.05, 3.63) is 59.8 Å². The molecule has 1 aromatic heterocycles. The summed E-state index contributed by atoms with van der Waals surface area (Å²) in [6, 6.07) is 14.1. The summed E-state index contributed by atoms with van der Waals surface area (Å²) in [5, 5.41) is 4.24. The van der Waals surface area contributed by atoms with Crippen LogP contribution < -0.4 is 14.8 Å². The maximum atomic E-state index is 12.1. The van der Waals surface area contributed by atoms with E-state index >= 15 is 0 Å². The molecule has 1 amide bonds. The molecule has 0 atom stereocenters. The maximum absolute atomic E-state index is 12.1. The number of hydrogen-bond acceptors (Lipinski definition) is 3. The Morgan fingerprint density at radius 1 is 1.04 bits per heavy atom. The average Bonchev–Trinajstić information content (AvgIpc) is 3.11. The van der Waals surface area contributed by atoms with Crippen molar-refractivity contribution in [2.75, 3.05) is 20.8 Å². The number of aryl methyl sites for hydroxylation is 1. The van der Waals surface area contributed by atoms with E-state index in [2.05, 4.69) is 22.4 Å². The van der Waals surface area contributed by atoms with Gasteiger partial charge < -0.3 is 19.8 Å². The van der Waals surface area contributed by atoms with Crippen molar-refractivity contribution < 1.29 is 14.3 Å². The monoisotopic (exact) mass is 366 g/mol. The van der Waals surface area contributed by atoms with Crippen LogP contribution in [0.4, 0.5) is 0 Å². The van der Waals surface area contributed by atoms with Crippen LogP contribution in [0.2, 0.25) is 0 Å². The molecule has 142 valence electrons. The minimum atomic E-state index is 0.0929. The number of ether oxygens (including phenoxy) is 2. The first-order valence-corrected chi connectivity index (χ1v) is 9.24. The van der Waals surface area contributed by atoms with Gasteiger partial charge in [0.2, 0.25) is 5.91 Å². The van der Waals surface area contributed by atoms with Crippen LogP contribution in [0.1, 0.15) is 24.0 Å². The number of hydrogen-bond donors (Lipinski definition) is 2. The van der Waals surface area contributed by atoms with Crippen LogP contribution in [0.3, 0.4) is 0 Å². The first-order valence-electron chi connectivity index (χ1n) is 9.24. The van der Waals surface area contributed by atoms with Gasteiger partial charge in [0.1, 0.15) is 0 Å². The van der Waals surface area contributed by atoms with Gasteiger partial charge >= 0.3 is 0 Å². The summed E-state index contributed by atoms with van der Waals surface area (Å²) >= 11 is 0. The van der Waals surface area contributed by atoms with Crippen molar-refractivity contribution in [1.82, 2.24) is 10.3 Å². The number of carbonyl (C=O) groups is 1. The number of nitrogens with one attached hydrogen (secondary N) is 2. The fraction of sp³-hybridized carbons (Fsp3) is 0.318. The molecule has 5 heteroatoms. The molecule has 1 heterocycles. The summed E-state index contributed by atoms with van der Waals surface area (Å²) in [5.74, 6) is 1.51. The highest BCUT2D eigenvalue weighted by molar-refractivity contribution is 5.83. The molecule has 3 rings (SSSR count). The Bertz CT molecular complexity index is 901. The number of benzene rings is 2. The first kappa shape index (κ1) is 18.8. The number of aromatic amines is 1. The van der Waals surface area contributed by atoms with Crippen molar-refractivity contribution >= 4 is 16.8 Å². The van der Waals surface area contributed by atoms with E-state index in [-0.39, 0.29) is 5.91 Å². The van der Waals surface area contributed by atoms with Gasteiger partial charge in [-0.2, -0.15) is 0 Å². The molecule has 2 N–H and O–H groups in total. The highest BCUT2D eigenvalue weighted by Gasteiger charge is 2.07. The van der Waals surface area contributed by atoms with E-state index in [0.29, 0.717) is 24.5 Å². The summed E-state index contributed by atoms with van der Waals surface area (Å²) in [5.41, 5.74) is 3.52. The van der Waals surface area contributed by atoms with Crippen molar-refractivity contribution in [1.29, 1.82) is 0 Å². The first-order chi connectivity index (χ1) is 13.2. The Morgan fingerprint density at radius 3 is 2.67 bits per heavy atom. The standard InChI is InChI=1S/C22H26N2O3/c1-26-20-11-10-16(14-21(20)27-2)12-13-23-22(25)9-5-6-17-15-24-19-8-4-3-7-18(17)19/h3-4,7-8,10-11,14-15,24H,5-6,9,12-13H2,1-2H3,(H,23,25). The molecule has 0 unspecified atom stereocenters. The number of aromatic nitrogens is 1. The molecule has 0 saturated carbocycles. The highest BCUT2D eigenvalue weighted by atomic mass is 16.5. The van der Waals surface area contributed by atoms with Crippen molar-refractivity contribution in [3.8, 4) is 11.5 Å². The van der Waals surface area contributed by atoms with Crippen LogP contribution in [-0.4, -0.2) is 31.7 Å². The van der Waals surface area contributed by atoms with E-state index in [0.717, 1.165) is 30.3 Å². The Hall–Kier alpha value is -2.95. The van der Waals surface area contributed by atoms with Gasteiger partial charge in [0.05, 0.1) is 14.2 Å². The van der Waals surface area contributed by atoms with E-state index in [1.54, 1.807) is 14.2 Å². The van der Waals surface area contributed by atoms with E-state index in [1.165, 1.54) is 10.9 Å². The molecule has 0 fully saturated rings. The van der Waals surface area contributed by atoms with Crippen molar-refractivity contribution in [2.24, 2.45) is 0 Å². The molecule has 0 radical (unpaired) electrons. The van der Waals surface area contributed by atoms with Crippen LogP contribution in [0.25, 0.3) is 10.9 Å². The Morgan fingerprint density at radius 2 is 1.85 bits per heavy atom. The normalized spacial score (nSPS) is 10.7. The molecule has 0 aliphatic heterocycles. The van der Waals surface area contributed by atoms with Gasteiger partial charge in [-0.3, -0.25) is 4.79 Å². The van der Waals surface area contributed by atoms with Gasteiger partial charge in [0.25, 0.3) is 0 Å². The van der Waals surface area contributed by atoms with Gasteiger partial charge in [-0.25, -0.2) is 0 Å². The number of para-hydroxylation sites is 1. The average molecular weight is 366 g/mol. The quantitative estimate of drug-likeness (QED) is 0.604. The number of fused-ring (bicyclic) bond motifs is 1. The second kappa shape index (κ2) is 9.12. The largest absolute Gasteiger partial charge is 0.493 e. The van der Waals surface area contributed by atoms with Gasteiger partial charge in [0, 0.05) is 30.1 Å². The number of methoxy groups -OCH3 is 2. The van der Waals surface area contributed by atoms with Crippen LogP contribution in [0.15, 0.2) is 48.7 Å². The van der Waals surface area contributed by atoms with Crippen molar-refractivity contribution in [2.45, 2.75) is 25.7 Å². The molecular weight excluding hydrogens is 340 g/mol. The zero-order valence-corrected chi connectivity index (χ0v) is 15.9. The van der Waals surface area contributed by atoms with Crippen LogP contribution in [0.5, 0.6) is 11.5 Å². The fourth-order valence-electron chi connectivity index (χ4n) is 3.25. The van der Waals surface area contributed by atoms with Gasteiger partial charge in [-0.15, -0.1) is 0 Å². The molecule has 5 nitrogen and oxygen atoms in total. The van der Waals surface area contributed by atoms with Gasteiger partial charge in [-0.05, 0) is 48.6 Å². The minimum absolute atomic E-state index is 0.0929. The third-order valence-corrected chi connectivity index (χ3v) is 4.71. The summed E-state index contributed by atoms with van der Waals surface area (Å²) in [6.07, 6.45) is 5.07. The predicted octanol–water partition coefficient (Wildman–Crippen LogP) is 3.87. The third kappa shape index (κ3) is 4.82. The zero-order chi connectivity index (χ0) is 19.1. The molecule has 27 heavy (non-hydrogen) atoms. The topological polar surface area (TPSA) is 63.3 Å². The lowest BCUT2D eigenvalue weighted by Gasteiger charge is -2.10. The SMILES string of the molecule is COc1ccc(CCNC(=O)CCCc2c[nH]c3ccccc23)cc1OC. The Labute approximate surface area is 159 Å². The summed E-state index contributed by atoms with van der Waals surface area (Å²) in [6.45, 7) is 0.613. The molecule has 0 bridgehead atoms. The van der Waals surface area contributed by atoms with E-state index in [1.807, 2.05) is 36.5 Å². The number of carbonyl (C=O) groups excluding carboxylic acids is 1. The highest BCUT2D eigenvalue weighted by Crippen LogP contribution is 2.27. The number of H-pyrrole nitrogens is 1. The van der Waals surface area contributed by atoms with Gasteiger partial charge in [0.15, 0.2) is 11.5 Å². The molecule has 0 saturated heterocycles. The number of rotatable bonds is 9. The zero-order valence-electron chi connectivity index (χ0n) is 15.9. The fourth-order valence-corrected chi connectivity index (χ4v) is 3.25. The predicted molar refractivity (Wildman–Crippen MR) is 107 cm³/mol. The smallest absolute Gasteiger partial charge is 0.220 e. The third-order valence-electron chi connectivity index (χ3n) is 4.71. The van der Waals surface area contributed by atoms with E-state index in [9.17, 15) is 4.79 Å². The maximum Gasteiger partial charge on any atom is 0.220 e. The lowest BCUT2D eigenvalue weighted by molar-refractivity contribution is -0.121. The second-order valence-corrected chi connectivity index (χ2v) is 6.50. The number of amides is 1. The molecular formula is C22H26N2O3. The minimum Gasteiger partial charge on any atom is -0.493 e. The molecule has 3 aromatic rings. The summed E-state index contributed by atoms with van der Waals surface area (Å²) < 4.78 is 10.5. The van der Waals surface area contributed by atoms with Crippen molar-refractivity contribution in [3.63, 3.8) is 0 Å². The van der Waals surface area contributed by atoms with Crippen LogP contribution in [-0.2, 0) is 17.6 Å². The Balaban J connectivity index is 1.41. The van der Waals surface area contributed by atoms with Gasteiger partial charge in [-0.1, -0.05) is 24.3 Å². The van der Waals surface area contributed by atoms with Crippen LogP contribution >= 0.6 is 0 Å². The molecule has 2 aromatic carbocycles. The molecule has 0 spiro atoms. The lowest BCUT2D eigenvalue weighted by atomic mass is 10.1. The summed E-state index contributed by atoms with van der Waals surface area (Å²) in [4.78, 5) is 15.4. The Kier molecular flexibility index (Phi) is 6.36. The second-order valence-electron chi connectivity index (χ2n) is 6.50. The molecule has 0 aliphatic carbocycles. The van der Waals surface area contributed by atoms with Crippen LogP contribution in [0, 0.1) is 0 Å². The summed E-state index contributed by atoms with van der Waals surface area (Å²) in [7, 11) is 3.24. The lowest BCUT2D eigenvalue weighted by Crippen LogP contribution is -2.25. The van der Waals surface area contributed by atoms with E-state index in [4.69, 9.17) is 9.47 Å².